The van der Waals surface area contributed by atoms with Crippen LogP contribution in [0.3, 0.4) is 0 Å². The van der Waals surface area contributed by atoms with E-state index in [4.69, 9.17) is 4.74 Å². The Morgan fingerprint density at radius 3 is 2.38 bits per heavy atom. The molecule has 176 valence electrons. The van der Waals surface area contributed by atoms with Crippen molar-refractivity contribution >= 4 is 39.7 Å². The molecule has 6 atom stereocenters. The fraction of sp³-hybridized carbons (Fsp3) is 0.778. The van der Waals surface area contributed by atoms with Crippen molar-refractivity contribution in [2.45, 2.75) is 67.1 Å². The second-order valence-electron chi connectivity index (χ2n) is 8.55. The van der Waals surface area contributed by atoms with E-state index in [9.17, 15) is 36.1 Å². The Balaban J connectivity index is 0.00000289. The van der Waals surface area contributed by atoms with Gasteiger partial charge in [-0.1, -0.05) is 13.0 Å². The third-order valence-electron chi connectivity index (χ3n) is 6.43. The summed E-state index contributed by atoms with van der Waals surface area (Å²) in [4.78, 5) is 39.7. The molecule has 3 aliphatic heterocycles. The van der Waals surface area contributed by atoms with Crippen molar-refractivity contribution in [2.75, 3.05) is 0 Å². The molecule has 3 heterocycles. The van der Waals surface area contributed by atoms with Gasteiger partial charge in [0.2, 0.25) is 5.91 Å². The van der Waals surface area contributed by atoms with E-state index in [0.717, 1.165) is 6.42 Å². The molecule has 4 rings (SSSR count). The fourth-order valence-corrected chi connectivity index (χ4v) is 7.05. The van der Waals surface area contributed by atoms with Crippen LogP contribution in [0.25, 0.3) is 0 Å². The van der Waals surface area contributed by atoms with Crippen molar-refractivity contribution in [3.05, 3.63) is 6.61 Å². The molecule has 14 heteroatoms. The van der Waals surface area contributed by atoms with Crippen LogP contribution in [0.1, 0.15) is 33.1 Å². The number of hydrogen-bond donors (Lipinski definition) is 0. The van der Waals surface area contributed by atoms with Gasteiger partial charge in [0.05, 0.1) is 29.0 Å². The molecular formula is C18H21F2NO8RfS2-2. The van der Waals surface area contributed by atoms with Gasteiger partial charge in [-0.3, -0.25) is 14.4 Å². The summed E-state index contributed by atoms with van der Waals surface area (Å²) in [6.45, 7) is 2.96. The summed E-state index contributed by atoms with van der Waals surface area (Å²) in [6.07, 6.45) is 1.50. The molecule has 4 aliphatic rings. The first-order chi connectivity index (χ1) is 14.3. The molecule has 1 aliphatic carbocycles. The van der Waals surface area contributed by atoms with E-state index in [1.54, 1.807) is 18.7 Å². The van der Waals surface area contributed by atoms with Gasteiger partial charge >= 0.3 is 5.97 Å². The normalized spacial score (nSPS) is 33.8. The Hall–Kier alpha value is -2.47. The minimum absolute atomic E-state index is 0. The standard InChI is InChI=1S/C18H22F2NO8S2.Rf/c1-7(2)21-11-12(29-16(23)8-4-3-5-8)14-10(9(15(21)22)13(11)30-14)17(24)28-6-18(19,20)31(25,26)27;/h6-14H,3-5H2,1-2H3,(H,25,26,27);/q-1;/p-1. The zero-order valence-corrected chi connectivity index (χ0v) is 25.3. The van der Waals surface area contributed by atoms with Gasteiger partial charge in [-0.05, 0) is 26.7 Å². The average molecular weight is 748 g/mol. The number of likely N-dealkylation sites (tertiary alicyclic amines) is 1. The van der Waals surface area contributed by atoms with Crippen LogP contribution >= 0.6 is 11.8 Å². The van der Waals surface area contributed by atoms with Gasteiger partial charge in [-0.2, -0.15) is 0 Å². The number of nitrogens with zero attached hydrogens (tertiary/aromatic N) is 1. The summed E-state index contributed by atoms with van der Waals surface area (Å²) in [7, 11) is -6.07. The second kappa shape index (κ2) is 7.84. The molecule has 2 bridgehead atoms. The maximum Gasteiger partial charge on any atom is 0.309 e. The Morgan fingerprint density at radius 1 is 1.25 bits per heavy atom. The minimum Gasteiger partial charge on any atom is -0.746 e. The number of alkyl halides is 2. The van der Waals surface area contributed by atoms with Gasteiger partial charge in [0.1, 0.15) is 16.2 Å². The predicted octanol–water partition coefficient (Wildman–Crippen LogP) is 0.890. The maximum atomic E-state index is 13.4. The van der Waals surface area contributed by atoms with E-state index < -0.39 is 63.1 Å². The number of ether oxygens (including phenoxy) is 2. The first-order valence-electron chi connectivity index (χ1n) is 9.91. The van der Waals surface area contributed by atoms with Crippen LogP contribution in [0.2, 0.25) is 0 Å². The number of carbonyl (C=O) groups is 3. The summed E-state index contributed by atoms with van der Waals surface area (Å²) >= 11 is 1.28. The van der Waals surface area contributed by atoms with E-state index in [0.29, 0.717) is 12.8 Å². The number of hydrogen-bond acceptors (Lipinski definition) is 9. The Bertz CT molecular complexity index is 913. The summed E-state index contributed by atoms with van der Waals surface area (Å²) in [5, 5.41) is -5.99. The number of carbonyl (C=O) groups excluding carboxylic acids is 3. The minimum atomic E-state index is -6.07. The second-order valence-corrected chi connectivity index (χ2v) is 11.4. The topological polar surface area (TPSA) is 130 Å². The summed E-state index contributed by atoms with van der Waals surface area (Å²) in [5.41, 5.74) is 0. The zero-order valence-electron chi connectivity index (χ0n) is 17.3. The van der Waals surface area contributed by atoms with Crippen molar-refractivity contribution < 1.29 is 45.6 Å². The van der Waals surface area contributed by atoms with Crippen LogP contribution in [0.4, 0.5) is 8.78 Å². The van der Waals surface area contributed by atoms with E-state index in [1.807, 2.05) is 0 Å². The summed E-state index contributed by atoms with van der Waals surface area (Å²) in [5.74, 6) is -4.33. The molecule has 9 nitrogen and oxygen atoms in total. The van der Waals surface area contributed by atoms with Crippen LogP contribution in [0, 0.1) is 24.4 Å². The van der Waals surface area contributed by atoms with Crippen LogP contribution in [-0.2, 0) is 34.0 Å². The SMILES string of the molecule is CC(C)N1C(=O)C2C3SC(C(OC(=O)C4CCC4)C31)C2C(=O)O[CH-]C(F)(F)S(=O)(=O)[O-].[Rf]. The molecule has 3 saturated heterocycles. The van der Waals surface area contributed by atoms with Gasteiger partial charge in [-0.25, -0.2) is 17.2 Å². The Labute approximate surface area is 181 Å². The number of esters is 2. The average Bonchev–Trinajstić information content (AvgIpc) is 3.19. The quantitative estimate of drug-likeness (QED) is 0.212. The number of rotatable bonds is 7. The maximum absolute atomic E-state index is 13.4. The number of halogens is 2. The van der Waals surface area contributed by atoms with Crippen molar-refractivity contribution in [3.63, 3.8) is 0 Å². The van der Waals surface area contributed by atoms with Crippen LogP contribution in [0.5, 0.6) is 0 Å². The Kier molecular flexibility index (Phi) is 5.92. The molecule has 0 aromatic carbocycles. The van der Waals surface area contributed by atoms with Gasteiger partial charge in [0, 0.05) is 11.3 Å². The van der Waals surface area contributed by atoms with Crippen molar-refractivity contribution in [1.82, 2.24) is 4.90 Å². The fourth-order valence-electron chi connectivity index (χ4n) is 4.80. The van der Waals surface area contributed by atoms with E-state index in [2.05, 4.69) is 4.74 Å². The predicted molar refractivity (Wildman–Crippen MR) is 100 cm³/mol. The van der Waals surface area contributed by atoms with Crippen LogP contribution in [0.15, 0.2) is 0 Å². The van der Waals surface area contributed by atoms with E-state index in [1.165, 1.54) is 11.8 Å². The molecule has 0 aromatic heterocycles. The van der Waals surface area contributed by atoms with Crippen LogP contribution < -0.4 is 0 Å². The first kappa shape index (κ1) is 24.2. The van der Waals surface area contributed by atoms with Crippen LogP contribution in [-0.4, -0.2) is 69.7 Å². The zero-order chi connectivity index (χ0) is 22.9. The van der Waals surface area contributed by atoms with Gasteiger partial charge in [0.15, 0.2) is 0 Å². The van der Waals surface area contributed by atoms with Gasteiger partial charge in [0.25, 0.3) is 11.2 Å². The molecule has 0 N–H and O–H groups in total. The molecule has 4 fully saturated rings. The Morgan fingerprint density at radius 2 is 1.88 bits per heavy atom. The monoisotopic (exact) mass is 748 g/mol. The van der Waals surface area contributed by atoms with E-state index in [-0.39, 0.29) is 23.1 Å². The summed E-state index contributed by atoms with van der Waals surface area (Å²) in [6, 6.07) is -0.682. The van der Waals surface area contributed by atoms with Gasteiger partial charge < -0.3 is 18.9 Å². The molecule has 1 saturated carbocycles. The third kappa shape index (κ3) is 3.49. The molecular weight excluding hydrogens is 727 g/mol. The third-order valence-corrected chi connectivity index (χ3v) is 8.96. The number of fused-ring (bicyclic) bond motifs is 1. The van der Waals surface area contributed by atoms with Gasteiger partial charge in [-0.15, -0.1) is 11.8 Å². The van der Waals surface area contributed by atoms with Crippen molar-refractivity contribution in [3.8, 4) is 0 Å². The first-order valence-corrected chi connectivity index (χ1v) is 12.3. The smallest absolute Gasteiger partial charge is 0.309 e. The molecule has 0 spiro atoms. The molecule has 6 unspecified atom stereocenters. The molecule has 0 radical (unpaired) electrons. The van der Waals surface area contributed by atoms with Crippen molar-refractivity contribution in [2.24, 2.45) is 17.8 Å². The molecule has 1 amide bonds. The molecule has 32 heavy (non-hydrogen) atoms. The number of amides is 1. The largest absolute Gasteiger partial charge is 0.746 e. The number of thioether (sulfide) groups is 1. The molecule has 0 aromatic rings. The van der Waals surface area contributed by atoms with E-state index >= 15 is 0 Å². The van der Waals surface area contributed by atoms with Crippen molar-refractivity contribution in [1.29, 1.82) is 0 Å². The summed E-state index contributed by atoms with van der Waals surface area (Å²) < 4.78 is 68.8.